The zero-order valence-electron chi connectivity index (χ0n) is 9.47. The third-order valence-electron chi connectivity index (χ3n) is 3.19. The molecular formula is C12H17N3O. The first-order chi connectivity index (χ1) is 7.70. The summed E-state index contributed by atoms with van der Waals surface area (Å²) in [5.74, 6) is 0.176. The molecule has 2 atom stereocenters. The molecule has 2 unspecified atom stereocenters. The molecule has 0 bridgehead atoms. The lowest BCUT2D eigenvalue weighted by atomic mass is 9.98. The Morgan fingerprint density at radius 1 is 1.44 bits per heavy atom. The first kappa shape index (κ1) is 11.1. The molecule has 0 radical (unpaired) electrons. The minimum atomic E-state index is -0.0157. The van der Waals surface area contributed by atoms with E-state index in [1.165, 1.54) is 0 Å². The summed E-state index contributed by atoms with van der Waals surface area (Å²) in [6, 6.07) is 3.86. The second-order valence-corrected chi connectivity index (χ2v) is 4.29. The van der Waals surface area contributed by atoms with Gasteiger partial charge in [-0.1, -0.05) is 0 Å². The molecule has 2 heterocycles. The zero-order chi connectivity index (χ0) is 11.5. The van der Waals surface area contributed by atoms with Crippen LogP contribution in [0, 0.1) is 0 Å². The van der Waals surface area contributed by atoms with E-state index in [1.54, 1.807) is 17.3 Å². The molecule has 1 aliphatic rings. The van der Waals surface area contributed by atoms with Crippen LogP contribution in [0.15, 0.2) is 24.5 Å². The number of nitrogens with zero attached hydrogens (tertiary/aromatic N) is 2. The normalized spacial score (nSPS) is 26.6. The van der Waals surface area contributed by atoms with Crippen LogP contribution in [-0.4, -0.2) is 28.9 Å². The fraction of sp³-hybridized carbons (Fsp3) is 0.500. The van der Waals surface area contributed by atoms with Crippen LogP contribution >= 0.6 is 0 Å². The van der Waals surface area contributed by atoms with E-state index in [-0.39, 0.29) is 18.0 Å². The van der Waals surface area contributed by atoms with Gasteiger partial charge in [0.05, 0.1) is 6.04 Å². The van der Waals surface area contributed by atoms with Crippen LogP contribution in [0.1, 0.15) is 30.9 Å². The fourth-order valence-corrected chi connectivity index (χ4v) is 2.30. The molecule has 1 aromatic heterocycles. The predicted octanol–water partition coefficient (Wildman–Crippen LogP) is 1.09. The molecule has 16 heavy (non-hydrogen) atoms. The number of nitrogens with two attached hydrogens (primary N) is 1. The van der Waals surface area contributed by atoms with Gasteiger partial charge in [0, 0.05) is 31.9 Å². The molecule has 1 fully saturated rings. The number of likely N-dealkylation sites (tertiary alicyclic amines) is 1. The van der Waals surface area contributed by atoms with E-state index in [9.17, 15) is 4.79 Å². The lowest BCUT2D eigenvalue weighted by molar-refractivity contribution is -0.131. The molecule has 1 saturated heterocycles. The number of rotatable bonds is 1. The average Bonchev–Trinajstić information content (AvgIpc) is 2.41. The summed E-state index contributed by atoms with van der Waals surface area (Å²) in [5.41, 5.74) is 7.22. The van der Waals surface area contributed by atoms with Crippen LogP contribution in [0.5, 0.6) is 0 Å². The van der Waals surface area contributed by atoms with Crippen molar-refractivity contribution >= 4 is 5.91 Å². The van der Waals surface area contributed by atoms with E-state index in [2.05, 4.69) is 4.98 Å². The topological polar surface area (TPSA) is 59.2 Å². The molecule has 1 aromatic rings. The van der Waals surface area contributed by atoms with Gasteiger partial charge in [-0.2, -0.15) is 0 Å². The SMILES string of the molecule is CN1C(=O)CCCC(N)C1c1ccncc1. The molecule has 1 amide bonds. The Balaban J connectivity index is 2.31. The Labute approximate surface area is 95.5 Å². The first-order valence-electron chi connectivity index (χ1n) is 5.61. The lowest BCUT2D eigenvalue weighted by Gasteiger charge is -2.30. The van der Waals surface area contributed by atoms with Crippen LogP contribution < -0.4 is 5.73 Å². The quantitative estimate of drug-likeness (QED) is 0.769. The monoisotopic (exact) mass is 219 g/mol. The van der Waals surface area contributed by atoms with Gasteiger partial charge in [0.15, 0.2) is 0 Å². The van der Waals surface area contributed by atoms with E-state index < -0.39 is 0 Å². The van der Waals surface area contributed by atoms with Crippen molar-refractivity contribution in [3.05, 3.63) is 30.1 Å². The van der Waals surface area contributed by atoms with E-state index in [0.717, 1.165) is 18.4 Å². The molecule has 86 valence electrons. The third kappa shape index (κ3) is 2.07. The first-order valence-corrected chi connectivity index (χ1v) is 5.61. The lowest BCUT2D eigenvalue weighted by Crippen LogP contribution is -2.39. The number of carbonyl (C=O) groups is 1. The molecule has 2 N–H and O–H groups in total. The van der Waals surface area contributed by atoms with Crippen LogP contribution in [0.3, 0.4) is 0 Å². The second-order valence-electron chi connectivity index (χ2n) is 4.29. The molecular weight excluding hydrogens is 202 g/mol. The summed E-state index contributed by atoms with van der Waals surface area (Å²) < 4.78 is 0. The van der Waals surface area contributed by atoms with Crippen LogP contribution in [0.2, 0.25) is 0 Å². The maximum Gasteiger partial charge on any atom is 0.222 e. The maximum absolute atomic E-state index is 11.8. The van der Waals surface area contributed by atoms with E-state index in [1.807, 2.05) is 19.2 Å². The second kappa shape index (κ2) is 4.61. The molecule has 4 nitrogen and oxygen atoms in total. The van der Waals surface area contributed by atoms with E-state index in [0.29, 0.717) is 6.42 Å². The number of carbonyl (C=O) groups excluding carboxylic acids is 1. The molecule has 2 rings (SSSR count). The van der Waals surface area contributed by atoms with Crippen LogP contribution in [0.4, 0.5) is 0 Å². The number of hydrogen-bond donors (Lipinski definition) is 1. The highest BCUT2D eigenvalue weighted by molar-refractivity contribution is 5.76. The minimum Gasteiger partial charge on any atom is -0.337 e. The standard InChI is InChI=1S/C12H17N3O/c1-15-11(16)4-2-3-10(13)12(15)9-5-7-14-8-6-9/h5-8,10,12H,2-4,13H2,1H3. The maximum atomic E-state index is 11.8. The summed E-state index contributed by atoms with van der Waals surface area (Å²) >= 11 is 0. The smallest absolute Gasteiger partial charge is 0.222 e. The molecule has 0 aromatic carbocycles. The van der Waals surface area contributed by atoms with Gasteiger partial charge in [0.1, 0.15) is 0 Å². The van der Waals surface area contributed by atoms with Crippen molar-refractivity contribution in [2.45, 2.75) is 31.3 Å². The average molecular weight is 219 g/mol. The fourth-order valence-electron chi connectivity index (χ4n) is 2.30. The number of amides is 1. The number of hydrogen-bond acceptors (Lipinski definition) is 3. The Bertz CT molecular complexity index is 366. The predicted molar refractivity (Wildman–Crippen MR) is 61.6 cm³/mol. The molecule has 4 heteroatoms. The highest BCUT2D eigenvalue weighted by atomic mass is 16.2. The minimum absolute atomic E-state index is 0.0128. The van der Waals surface area contributed by atoms with E-state index >= 15 is 0 Å². The largest absolute Gasteiger partial charge is 0.337 e. The van der Waals surface area contributed by atoms with Crippen LogP contribution in [0.25, 0.3) is 0 Å². The van der Waals surface area contributed by atoms with Gasteiger partial charge < -0.3 is 10.6 Å². The number of pyridine rings is 1. The van der Waals surface area contributed by atoms with Crippen molar-refractivity contribution in [2.24, 2.45) is 5.73 Å². The van der Waals surface area contributed by atoms with Crippen molar-refractivity contribution < 1.29 is 4.79 Å². The summed E-state index contributed by atoms with van der Waals surface area (Å²) in [7, 11) is 1.83. The summed E-state index contributed by atoms with van der Waals surface area (Å²) in [6.45, 7) is 0. The molecule has 1 aliphatic heterocycles. The van der Waals surface area contributed by atoms with Gasteiger partial charge >= 0.3 is 0 Å². The third-order valence-corrected chi connectivity index (χ3v) is 3.19. The Morgan fingerprint density at radius 3 is 2.81 bits per heavy atom. The van der Waals surface area contributed by atoms with Crippen LogP contribution in [-0.2, 0) is 4.79 Å². The number of aromatic nitrogens is 1. The van der Waals surface area contributed by atoms with Gasteiger partial charge in [-0.25, -0.2) is 0 Å². The molecule has 0 spiro atoms. The molecule has 0 aliphatic carbocycles. The molecule has 0 saturated carbocycles. The Kier molecular flexibility index (Phi) is 3.19. The summed E-state index contributed by atoms with van der Waals surface area (Å²) in [6.07, 6.45) is 5.86. The van der Waals surface area contributed by atoms with Crippen molar-refractivity contribution in [3.63, 3.8) is 0 Å². The van der Waals surface area contributed by atoms with Crippen molar-refractivity contribution in [3.8, 4) is 0 Å². The van der Waals surface area contributed by atoms with E-state index in [4.69, 9.17) is 5.73 Å². The van der Waals surface area contributed by atoms with Gasteiger partial charge in [0.25, 0.3) is 0 Å². The van der Waals surface area contributed by atoms with Gasteiger partial charge in [0.2, 0.25) is 5.91 Å². The Hall–Kier alpha value is -1.42. The summed E-state index contributed by atoms with van der Waals surface area (Å²) in [4.78, 5) is 17.6. The zero-order valence-corrected chi connectivity index (χ0v) is 9.47. The van der Waals surface area contributed by atoms with Gasteiger partial charge in [-0.15, -0.1) is 0 Å². The highest BCUT2D eigenvalue weighted by Gasteiger charge is 2.29. The number of likely N-dealkylation sites (N-methyl/N-ethyl adjacent to an activating group) is 1. The van der Waals surface area contributed by atoms with Crippen molar-refractivity contribution in [1.29, 1.82) is 0 Å². The van der Waals surface area contributed by atoms with Gasteiger partial charge in [-0.3, -0.25) is 9.78 Å². The van der Waals surface area contributed by atoms with Crippen molar-refractivity contribution in [1.82, 2.24) is 9.88 Å². The Morgan fingerprint density at radius 2 is 2.12 bits per heavy atom. The summed E-state index contributed by atoms with van der Waals surface area (Å²) in [5, 5.41) is 0. The van der Waals surface area contributed by atoms with Gasteiger partial charge in [-0.05, 0) is 30.5 Å². The van der Waals surface area contributed by atoms with Crippen molar-refractivity contribution in [2.75, 3.05) is 7.05 Å². The highest BCUT2D eigenvalue weighted by Crippen LogP contribution is 2.28.